The normalized spacial score (nSPS) is 14.6. The van der Waals surface area contributed by atoms with Crippen LogP contribution in [0, 0.1) is 18.2 Å². The number of hydrogen-bond donors (Lipinski definition) is 0. The molecule has 1 aliphatic rings. The second-order valence-electron chi connectivity index (χ2n) is 9.67. The third-order valence-electron chi connectivity index (χ3n) is 7.08. The number of carbonyl (C=O) groups excluding carboxylic acids is 1. The Morgan fingerprint density at radius 3 is 2.53 bits per heavy atom. The minimum Gasteiger partial charge on any atom is -0.480 e. The number of fused-ring (bicyclic) bond motifs is 2. The maximum Gasteiger partial charge on any atom is 0.338 e. The maximum atomic E-state index is 14.3. The lowest BCUT2D eigenvalue weighted by Crippen LogP contribution is -2.40. The van der Waals surface area contributed by atoms with Crippen molar-refractivity contribution in [3.8, 4) is 18.1 Å². The number of halogens is 1. The van der Waals surface area contributed by atoms with Gasteiger partial charge in [0.2, 0.25) is 0 Å². The van der Waals surface area contributed by atoms with Crippen LogP contribution >= 0.6 is 11.3 Å². The fourth-order valence-electron chi connectivity index (χ4n) is 5.20. The molecule has 1 atom stereocenters. The first-order valence-electron chi connectivity index (χ1n) is 13.6. The van der Waals surface area contributed by atoms with E-state index in [1.54, 1.807) is 25.1 Å². The van der Waals surface area contributed by atoms with Crippen LogP contribution < -0.4 is 19.6 Å². The van der Waals surface area contributed by atoms with Gasteiger partial charge in [0.05, 0.1) is 28.5 Å². The highest BCUT2D eigenvalue weighted by Crippen LogP contribution is 2.35. The Labute approximate surface area is 250 Å². The Balaban J connectivity index is 1.66. The number of carbonyl (C=O) groups is 1. The van der Waals surface area contributed by atoms with E-state index in [4.69, 9.17) is 20.9 Å². The summed E-state index contributed by atoms with van der Waals surface area (Å²) in [5.41, 5.74) is 2.16. The van der Waals surface area contributed by atoms with E-state index >= 15 is 0 Å². The smallest absolute Gasteiger partial charge is 0.338 e. The van der Waals surface area contributed by atoms with E-state index in [1.165, 1.54) is 28.0 Å². The molecule has 0 spiro atoms. The summed E-state index contributed by atoms with van der Waals surface area (Å²) in [5.74, 6) is 1.99. The van der Waals surface area contributed by atoms with E-state index in [0.717, 1.165) is 10.8 Å². The molecule has 0 unspecified atom stereocenters. The van der Waals surface area contributed by atoms with Gasteiger partial charge in [-0.05, 0) is 47.5 Å². The van der Waals surface area contributed by atoms with Crippen molar-refractivity contribution in [1.29, 1.82) is 0 Å². The standard InChI is InChI=1S/C35H25FN2O4S/c1-3-20-42-28-19-16-22-10-8-9-13-26(22)27(28)21-29-33(39)38-32(24-14-17-25(36)18-15-24)30(34(40)41-4-2)31(37-35(38)43-29)23-11-6-5-7-12-23/h1,5-19,21,32H,4,20H2,2H3/b29-21-/t32-/m0/s1. The Morgan fingerprint density at radius 2 is 1.79 bits per heavy atom. The molecule has 0 bridgehead atoms. The van der Waals surface area contributed by atoms with Gasteiger partial charge in [0, 0.05) is 11.1 Å². The van der Waals surface area contributed by atoms with Gasteiger partial charge in [-0.3, -0.25) is 9.36 Å². The number of rotatable bonds is 7. The first-order valence-corrected chi connectivity index (χ1v) is 14.4. The van der Waals surface area contributed by atoms with Gasteiger partial charge in [-0.1, -0.05) is 90.1 Å². The molecule has 8 heteroatoms. The van der Waals surface area contributed by atoms with Gasteiger partial charge in [-0.2, -0.15) is 0 Å². The average molecular weight is 589 g/mol. The van der Waals surface area contributed by atoms with Crippen LogP contribution in [0.5, 0.6) is 5.75 Å². The van der Waals surface area contributed by atoms with Crippen LogP contribution in [0.1, 0.15) is 29.7 Å². The van der Waals surface area contributed by atoms with Gasteiger partial charge >= 0.3 is 5.97 Å². The summed E-state index contributed by atoms with van der Waals surface area (Å²) in [5, 5.41) is 1.85. The van der Waals surface area contributed by atoms with Gasteiger partial charge < -0.3 is 9.47 Å². The van der Waals surface area contributed by atoms with Gasteiger partial charge in [-0.15, -0.1) is 6.42 Å². The zero-order chi connectivity index (χ0) is 29.9. The molecule has 0 N–H and O–H groups in total. The van der Waals surface area contributed by atoms with Crippen molar-refractivity contribution in [3.63, 3.8) is 0 Å². The van der Waals surface area contributed by atoms with Crippen LogP contribution in [0.2, 0.25) is 0 Å². The SMILES string of the molecule is C#CCOc1ccc2ccccc2c1/C=c1\sc2n(c1=O)[C@@H](c1ccc(F)cc1)C(C(=O)OCC)=C(c1ccccc1)N=2. The Hall–Kier alpha value is -5.26. The number of benzene rings is 4. The van der Waals surface area contributed by atoms with Crippen molar-refractivity contribution in [1.82, 2.24) is 4.57 Å². The first kappa shape index (κ1) is 27.9. The van der Waals surface area contributed by atoms with E-state index in [-0.39, 0.29) is 24.3 Å². The van der Waals surface area contributed by atoms with E-state index in [2.05, 4.69) is 5.92 Å². The number of esters is 1. The topological polar surface area (TPSA) is 69.9 Å². The summed E-state index contributed by atoms with van der Waals surface area (Å²) in [6, 6.07) is 25.7. The number of ether oxygens (including phenoxy) is 2. The predicted molar refractivity (Wildman–Crippen MR) is 166 cm³/mol. The minimum atomic E-state index is -0.905. The highest BCUT2D eigenvalue weighted by atomic mass is 32.1. The zero-order valence-corrected chi connectivity index (χ0v) is 23.9. The Morgan fingerprint density at radius 1 is 1.05 bits per heavy atom. The van der Waals surface area contributed by atoms with Crippen LogP contribution in [0.15, 0.2) is 106 Å². The van der Waals surface area contributed by atoms with Crippen LogP contribution in [0.25, 0.3) is 22.5 Å². The monoisotopic (exact) mass is 588 g/mol. The van der Waals surface area contributed by atoms with E-state index in [1.807, 2.05) is 66.7 Å². The van der Waals surface area contributed by atoms with E-state index in [9.17, 15) is 14.0 Å². The van der Waals surface area contributed by atoms with E-state index in [0.29, 0.717) is 37.5 Å². The Bertz CT molecular complexity index is 2110. The van der Waals surface area contributed by atoms with Crippen molar-refractivity contribution in [3.05, 3.63) is 139 Å². The zero-order valence-electron chi connectivity index (χ0n) is 23.1. The second kappa shape index (κ2) is 11.9. The van der Waals surface area contributed by atoms with Crippen LogP contribution in [-0.2, 0) is 9.53 Å². The molecule has 212 valence electrons. The van der Waals surface area contributed by atoms with Gasteiger partial charge in [0.15, 0.2) is 4.80 Å². The molecule has 1 aliphatic heterocycles. The molecule has 5 aromatic rings. The van der Waals surface area contributed by atoms with Crippen molar-refractivity contribution in [2.24, 2.45) is 4.99 Å². The second-order valence-corrected chi connectivity index (χ2v) is 10.7. The summed E-state index contributed by atoms with van der Waals surface area (Å²) in [6.45, 7) is 1.91. The fraction of sp³-hybridized carbons (Fsp3) is 0.114. The average Bonchev–Trinajstić information content (AvgIpc) is 3.35. The Kier molecular flexibility index (Phi) is 7.73. The van der Waals surface area contributed by atoms with E-state index < -0.39 is 17.8 Å². The number of nitrogens with zero attached hydrogens (tertiary/aromatic N) is 2. The molecule has 0 radical (unpaired) electrons. The summed E-state index contributed by atoms with van der Waals surface area (Å²) >= 11 is 1.20. The molecule has 0 amide bonds. The minimum absolute atomic E-state index is 0.0638. The molecule has 6 nitrogen and oxygen atoms in total. The lowest BCUT2D eigenvalue weighted by Gasteiger charge is -2.25. The predicted octanol–water partition coefficient (Wildman–Crippen LogP) is 5.24. The summed E-state index contributed by atoms with van der Waals surface area (Å²) in [6.07, 6.45) is 7.24. The lowest BCUT2D eigenvalue weighted by atomic mass is 9.93. The summed E-state index contributed by atoms with van der Waals surface area (Å²) in [7, 11) is 0. The molecule has 0 fully saturated rings. The highest BCUT2D eigenvalue weighted by Gasteiger charge is 2.35. The molecule has 1 aromatic heterocycles. The quantitative estimate of drug-likeness (QED) is 0.193. The molecule has 4 aromatic carbocycles. The lowest BCUT2D eigenvalue weighted by molar-refractivity contribution is -0.138. The molecule has 43 heavy (non-hydrogen) atoms. The van der Waals surface area contributed by atoms with Gasteiger partial charge in [-0.25, -0.2) is 14.2 Å². The first-order chi connectivity index (χ1) is 21.0. The van der Waals surface area contributed by atoms with Gasteiger partial charge in [0.1, 0.15) is 18.2 Å². The summed E-state index contributed by atoms with van der Waals surface area (Å²) < 4.78 is 27.2. The molecule has 0 saturated carbocycles. The molecular weight excluding hydrogens is 563 g/mol. The van der Waals surface area contributed by atoms with Crippen LogP contribution in [0.4, 0.5) is 4.39 Å². The van der Waals surface area contributed by atoms with Crippen LogP contribution in [-0.4, -0.2) is 23.8 Å². The van der Waals surface area contributed by atoms with Gasteiger partial charge in [0.25, 0.3) is 5.56 Å². The molecule has 0 saturated heterocycles. The summed E-state index contributed by atoms with van der Waals surface area (Å²) in [4.78, 5) is 33.1. The van der Waals surface area contributed by atoms with Crippen molar-refractivity contribution in [2.45, 2.75) is 13.0 Å². The van der Waals surface area contributed by atoms with Crippen LogP contribution in [0.3, 0.4) is 0 Å². The third kappa shape index (κ3) is 5.27. The fourth-order valence-corrected chi connectivity index (χ4v) is 6.18. The number of thiazole rings is 1. The van der Waals surface area contributed by atoms with Crippen molar-refractivity contribution >= 4 is 39.9 Å². The third-order valence-corrected chi connectivity index (χ3v) is 8.06. The molecule has 2 heterocycles. The molecule has 0 aliphatic carbocycles. The number of terminal acetylenes is 1. The van der Waals surface area contributed by atoms with Crippen molar-refractivity contribution in [2.75, 3.05) is 13.2 Å². The molecular formula is C35H25FN2O4S. The maximum absolute atomic E-state index is 14.3. The van der Waals surface area contributed by atoms with Crippen molar-refractivity contribution < 1.29 is 18.7 Å². The number of aromatic nitrogens is 1. The highest BCUT2D eigenvalue weighted by molar-refractivity contribution is 7.07. The largest absolute Gasteiger partial charge is 0.480 e. The molecule has 6 rings (SSSR count). The number of hydrogen-bond acceptors (Lipinski definition) is 6.